The number of hydrogen-bond acceptors (Lipinski definition) is 6. The van der Waals surface area contributed by atoms with Crippen LogP contribution >= 0.6 is 0 Å². The number of nitrogens with zero attached hydrogens (tertiary/aromatic N) is 3. The smallest absolute Gasteiger partial charge is 0.272 e. The number of carbonyl (C=O) groups excluding carboxylic acids is 1. The average molecular weight is 415 g/mol. The molecule has 1 amide bonds. The van der Waals surface area contributed by atoms with Gasteiger partial charge in [-0.1, -0.05) is 12.1 Å². The van der Waals surface area contributed by atoms with Gasteiger partial charge in [-0.3, -0.25) is 14.9 Å². The van der Waals surface area contributed by atoms with Crippen LogP contribution in [-0.2, 0) is 16.6 Å². The summed E-state index contributed by atoms with van der Waals surface area (Å²) in [7, 11) is -2.18. The topological polar surface area (TPSA) is 136 Å². The zero-order chi connectivity index (χ0) is 21.0. The van der Waals surface area contributed by atoms with Crippen LogP contribution in [0.3, 0.4) is 0 Å². The molecule has 11 heteroatoms. The van der Waals surface area contributed by atoms with E-state index in [1.807, 2.05) is 0 Å². The Morgan fingerprint density at radius 1 is 1.10 bits per heavy atom. The molecule has 0 radical (unpaired) electrons. The van der Waals surface area contributed by atoms with Gasteiger partial charge in [0.05, 0.1) is 15.5 Å². The minimum absolute atomic E-state index is 0.0348. The van der Waals surface area contributed by atoms with Crippen LogP contribution in [0.4, 0.5) is 5.69 Å². The van der Waals surface area contributed by atoms with Crippen molar-refractivity contribution in [3.63, 3.8) is 0 Å². The van der Waals surface area contributed by atoms with Crippen LogP contribution in [0, 0.1) is 10.1 Å². The van der Waals surface area contributed by atoms with Gasteiger partial charge in [0.1, 0.15) is 0 Å². The number of non-ortho nitro benzene ring substituents is 1. The Hall–Kier alpha value is -3.57. The molecule has 29 heavy (non-hydrogen) atoms. The van der Waals surface area contributed by atoms with E-state index >= 15 is 0 Å². The molecule has 1 heterocycles. The summed E-state index contributed by atoms with van der Waals surface area (Å²) in [6.45, 7) is 0.198. The molecule has 1 aromatic heterocycles. The molecule has 0 fully saturated rings. The van der Waals surface area contributed by atoms with Crippen LogP contribution < -0.4 is 10.0 Å². The number of carbonyl (C=O) groups is 1. The maximum absolute atomic E-state index is 12.3. The van der Waals surface area contributed by atoms with E-state index in [0.29, 0.717) is 5.69 Å². The van der Waals surface area contributed by atoms with Gasteiger partial charge in [0.25, 0.3) is 11.6 Å². The number of nitro benzene ring substituents is 1. The monoisotopic (exact) mass is 415 g/mol. The van der Waals surface area contributed by atoms with Gasteiger partial charge >= 0.3 is 0 Å². The number of nitrogens with one attached hydrogen (secondary N) is 2. The summed E-state index contributed by atoms with van der Waals surface area (Å²) < 4.78 is 27.1. The van der Waals surface area contributed by atoms with E-state index in [4.69, 9.17) is 0 Å². The molecule has 0 aliphatic rings. The highest BCUT2D eigenvalue weighted by Crippen LogP contribution is 2.15. The molecule has 2 N–H and O–H groups in total. The summed E-state index contributed by atoms with van der Waals surface area (Å²) in [5.41, 5.74) is 1.45. The number of hydrogen-bond donors (Lipinski definition) is 2. The second kappa shape index (κ2) is 8.20. The highest BCUT2D eigenvalue weighted by molar-refractivity contribution is 7.89. The molecule has 150 valence electrons. The van der Waals surface area contributed by atoms with E-state index in [-0.39, 0.29) is 22.8 Å². The standard InChI is InChI=1S/C18H17N5O5S/c1-19-29(27,28)16-8-2-13(3-9-16)12-20-18(24)17-10-11-22(21-17)14-4-6-15(7-5-14)23(25)26/h2-11,19H,12H2,1H3,(H,20,24). The summed E-state index contributed by atoms with van der Waals surface area (Å²) in [6, 6.07) is 13.4. The zero-order valence-corrected chi connectivity index (χ0v) is 16.1. The van der Waals surface area contributed by atoms with Crippen molar-refractivity contribution in [3.05, 3.63) is 82.2 Å². The molecule has 0 spiro atoms. The second-order valence-electron chi connectivity index (χ2n) is 5.95. The van der Waals surface area contributed by atoms with Gasteiger partial charge in [-0.15, -0.1) is 0 Å². The van der Waals surface area contributed by atoms with Crippen LogP contribution in [0.25, 0.3) is 5.69 Å². The molecule has 0 aliphatic heterocycles. The lowest BCUT2D eigenvalue weighted by molar-refractivity contribution is -0.384. The van der Waals surface area contributed by atoms with Gasteiger partial charge in [-0.05, 0) is 42.9 Å². The van der Waals surface area contributed by atoms with Gasteiger partial charge < -0.3 is 5.32 Å². The third-order valence-corrected chi connectivity index (χ3v) is 5.53. The van der Waals surface area contributed by atoms with Crippen LogP contribution in [0.2, 0.25) is 0 Å². The Morgan fingerprint density at radius 2 is 1.76 bits per heavy atom. The fraction of sp³-hybridized carbons (Fsp3) is 0.111. The molecule has 0 unspecified atom stereocenters. The van der Waals surface area contributed by atoms with Crippen molar-refractivity contribution in [2.45, 2.75) is 11.4 Å². The Morgan fingerprint density at radius 3 is 2.34 bits per heavy atom. The first-order valence-corrected chi connectivity index (χ1v) is 9.89. The summed E-state index contributed by atoms with van der Waals surface area (Å²) in [5, 5.41) is 17.6. The maximum atomic E-state index is 12.3. The summed E-state index contributed by atoms with van der Waals surface area (Å²) in [4.78, 5) is 22.7. The molecular weight excluding hydrogens is 398 g/mol. The third kappa shape index (κ3) is 4.65. The number of amides is 1. The molecule has 10 nitrogen and oxygen atoms in total. The fourth-order valence-corrected chi connectivity index (χ4v) is 3.22. The normalized spacial score (nSPS) is 11.2. The lowest BCUT2D eigenvalue weighted by atomic mass is 10.2. The Balaban J connectivity index is 1.64. The lowest BCUT2D eigenvalue weighted by Gasteiger charge is -2.06. The Labute approximate surface area is 166 Å². The van der Waals surface area contributed by atoms with Gasteiger partial charge in [0.15, 0.2) is 5.69 Å². The number of aromatic nitrogens is 2. The van der Waals surface area contributed by atoms with Crippen LogP contribution in [-0.4, -0.2) is 36.1 Å². The van der Waals surface area contributed by atoms with Crippen molar-refractivity contribution in [2.75, 3.05) is 7.05 Å². The van der Waals surface area contributed by atoms with Crippen molar-refractivity contribution in [2.24, 2.45) is 0 Å². The van der Waals surface area contributed by atoms with E-state index in [1.165, 1.54) is 54.2 Å². The van der Waals surface area contributed by atoms with Gasteiger partial charge in [0, 0.05) is 24.9 Å². The SMILES string of the molecule is CNS(=O)(=O)c1ccc(CNC(=O)c2ccn(-c3ccc([N+](=O)[O-])cc3)n2)cc1. The molecular formula is C18H17N5O5S. The lowest BCUT2D eigenvalue weighted by Crippen LogP contribution is -2.23. The quantitative estimate of drug-likeness (QED) is 0.444. The number of rotatable bonds is 7. The number of nitro groups is 1. The summed E-state index contributed by atoms with van der Waals surface area (Å²) in [5.74, 6) is -0.405. The van der Waals surface area contributed by atoms with Crippen molar-refractivity contribution < 1.29 is 18.1 Å². The van der Waals surface area contributed by atoms with Crippen molar-refractivity contribution >= 4 is 21.6 Å². The highest BCUT2D eigenvalue weighted by Gasteiger charge is 2.13. The molecule has 3 rings (SSSR count). The molecule has 0 saturated heterocycles. The third-order valence-electron chi connectivity index (χ3n) is 4.10. The summed E-state index contributed by atoms with van der Waals surface area (Å²) >= 11 is 0. The van der Waals surface area contributed by atoms with Gasteiger partial charge in [-0.2, -0.15) is 5.10 Å². The van der Waals surface area contributed by atoms with E-state index in [0.717, 1.165) is 5.56 Å². The summed E-state index contributed by atoms with van der Waals surface area (Å²) in [6.07, 6.45) is 1.58. The predicted molar refractivity (Wildman–Crippen MR) is 104 cm³/mol. The van der Waals surface area contributed by atoms with Crippen LogP contribution in [0.1, 0.15) is 16.1 Å². The first-order valence-electron chi connectivity index (χ1n) is 8.41. The van der Waals surface area contributed by atoms with E-state index in [1.54, 1.807) is 18.3 Å². The minimum Gasteiger partial charge on any atom is -0.347 e. The van der Waals surface area contributed by atoms with E-state index < -0.39 is 20.9 Å². The minimum atomic E-state index is -3.51. The number of sulfonamides is 1. The van der Waals surface area contributed by atoms with Gasteiger partial charge in [-0.25, -0.2) is 17.8 Å². The zero-order valence-electron chi connectivity index (χ0n) is 15.3. The van der Waals surface area contributed by atoms with Crippen LogP contribution in [0.15, 0.2) is 65.7 Å². The van der Waals surface area contributed by atoms with E-state index in [2.05, 4.69) is 15.1 Å². The van der Waals surface area contributed by atoms with E-state index in [9.17, 15) is 23.3 Å². The van der Waals surface area contributed by atoms with Crippen molar-refractivity contribution in [3.8, 4) is 5.69 Å². The first kappa shape index (κ1) is 20.2. The fourth-order valence-electron chi connectivity index (χ4n) is 2.49. The predicted octanol–water partition coefficient (Wildman–Crippen LogP) is 1.62. The molecule has 0 bridgehead atoms. The Bertz CT molecular complexity index is 1140. The largest absolute Gasteiger partial charge is 0.347 e. The van der Waals surface area contributed by atoms with Crippen LogP contribution in [0.5, 0.6) is 0 Å². The molecule has 3 aromatic rings. The molecule has 0 saturated carbocycles. The Kier molecular flexibility index (Phi) is 5.71. The maximum Gasteiger partial charge on any atom is 0.272 e. The van der Waals surface area contributed by atoms with Gasteiger partial charge in [0.2, 0.25) is 10.0 Å². The second-order valence-corrected chi connectivity index (χ2v) is 7.84. The molecule has 2 aromatic carbocycles. The highest BCUT2D eigenvalue weighted by atomic mass is 32.2. The first-order chi connectivity index (χ1) is 13.8. The average Bonchev–Trinajstić information content (AvgIpc) is 3.23. The molecule has 0 aliphatic carbocycles. The van der Waals surface area contributed by atoms with Crippen molar-refractivity contribution in [1.82, 2.24) is 19.8 Å². The molecule has 0 atom stereocenters. The number of benzene rings is 2. The van der Waals surface area contributed by atoms with Crippen molar-refractivity contribution in [1.29, 1.82) is 0 Å².